The first-order valence-electron chi connectivity index (χ1n) is 7.05. The van der Waals surface area contributed by atoms with E-state index in [0.717, 1.165) is 0 Å². The fourth-order valence-electron chi connectivity index (χ4n) is 2.54. The summed E-state index contributed by atoms with van der Waals surface area (Å²) in [7, 11) is 1.81. The van der Waals surface area contributed by atoms with Crippen molar-refractivity contribution in [3.8, 4) is 0 Å². The summed E-state index contributed by atoms with van der Waals surface area (Å²) in [5, 5.41) is 5.86. The summed E-state index contributed by atoms with van der Waals surface area (Å²) < 4.78 is 10.5. The Balaban J connectivity index is 1.85. The van der Waals surface area contributed by atoms with Crippen LogP contribution in [0.1, 0.15) is 6.92 Å². The van der Waals surface area contributed by atoms with Crippen LogP contribution in [0.4, 0.5) is 0 Å². The Labute approximate surface area is 119 Å². The highest BCUT2D eigenvalue weighted by molar-refractivity contribution is 5.88. The second kappa shape index (κ2) is 7.01. The lowest BCUT2D eigenvalue weighted by Gasteiger charge is -2.30. The van der Waals surface area contributed by atoms with Gasteiger partial charge in [-0.1, -0.05) is 0 Å². The molecule has 2 saturated heterocycles. The van der Waals surface area contributed by atoms with Crippen LogP contribution in [-0.2, 0) is 19.1 Å². The Kier molecular flexibility index (Phi) is 5.33. The molecule has 20 heavy (non-hydrogen) atoms. The van der Waals surface area contributed by atoms with E-state index in [0.29, 0.717) is 39.5 Å². The lowest BCUT2D eigenvalue weighted by molar-refractivity contribution is -0.140. The smallest absolute Gasteiger partial charge is 0.245 e. The lowest BCUT2D eigenvalue weighted by atomic mass is 10.0. The summed E-state index contributed by atoms with van der Waals surface area (Å²) in [4.78, 5) is 26.1. The summed E-state index contributed by atoms with van der Waals surface area (Å²) in [5.41, 5.74) is 0. The number of rotatable bonds is 4. The maximum absolute atomic E-state index is 12.2. The van der Waals surface area contributed by atoms with Gasteiger partial charge >= 0.3 is 0 Å². The zero-order valence-corrected chi connectivity index (χ0v) is 12.1. The highest BCUT2D eigenvalue weighted by atomic mass is 16.5. The Morgan fingerprint density at radius 3 is 2.55 bits per heavy atom. The fourth-order valence-corrected chi connectivity index (χ4v) is 2.54. The van der Waals surface area contributed by atoms with Gasteiger partial charge in [0.2, 0.25) is 11.8 Å². The number of nitrogens with zero attached hydrogens (tertiary/aromatic N) is 1. The average Bonchev–Trinajstić information content (AvgIpc) is 2.95. The molecule has 0 aliphatic carbocycles. The van der Waals surface area contributed by atoms with Crippen LogP contribution in [0.5, 0.6) is 0 Å². The molecule has 0 aromatic rings. The third-order valence-electron chi connectivity index (χ3n) is 3.84. The van der Waals surface area contributed by atoms with E-state index >= 15 is 0 Å². The number of nitrogens with one attached hydrogen (secondary N) is 2. The van der Waals surface area contributed by atoms with Gasteiger partial charge in [-0.3, -0.25) is 9.59 Å². The molecule has 2 aliphatic heterocycles. The molecule has 0 bridgehead atoms. The molecule has 2 fully saturated rings. The molecule has 0 radical (unpaired) electrons. The number of amides is 2. The van der Waals surface area contributed by atoms with E-state index in [1.807, 2.05) is 7.05 Å². The molecule has 3 unspecified atom stereocenters. The van der Waals surface area contributed by atoms with E-state index in [2.05, 4.69) is 10.6 Å². The van der Waals surface area contributed by atoms with Crippen molar-refractivity contribution < 1.29 is 19.1 Å². The third-order valence-corrected chi connectivity index (χ3v) is 3.84. The maximum atomic E-state index is 12.2. The molecule has 2 N–H and O–H groups in total. The second-order valence-electron chi connectivity index (χ2n) is 5.21. The molecule has 3 atom stereocenters. The van der Waals surface area contributed by atoms with Crippen molar-refractivity contribution in [2.75, 3.05) is 46.6 Å². The Hall–Kier alpha value is -1.18. The molecule has 0 spiro atoms. The van der Waals surface area contributed by atoms with Gasteiger partial charge in [-0.2, -0.15) is 0 Å². The van der Waals surface area contributed by atoms with Gasteiger partial charge in [-0.15, -0.1) is 0 Å². The van der Waals surface area contributed by atoms with Crippen molar-refractivity contribution in [1.29, 1.82) is 0 Å². The maximum Gasteiger partial charge on any atom is 0.245 e. The number of likely N-dealkylation sites (N-methyl/N-ethyl adjacent to an activating group) is 1. The summed E-state index contributed by atoms with van der Waals surface area (Å²) in [6.45, 7) is 4.95. The minimum absolute atomic E-state index is 0.0145. The number of carbonyl (C=O) groups is 2. The largest absolute Gasteiger partial charge is 0.379 e. The number of carbonyl (C=O) groups excluding carboxylic acids is 2. The van der Waals surface area contributed by atoms with E-state index in [1.54, 1.807) is 11.8 Å². The first kappa shape index (κ1) is 15.2. The van der Waals surface area contributed by atoms with Crippen molar-refractivity contribution in [2.24, 2.45) is 5.92 Å². The topological polar surface area (TPSA) is 79.9 Å². The van der Waals surface area contributed by atoms with E-state index in [4.69, 9.17) is 9.47 Å². The SMILES string of the molecule is CNC1COCC1C(=O)NC(C)C(=O)N1CCOCC1. The average molecular weight is 285 g/mol. The van der Waals surface area contributed by atoms with Crippen molar-refractivity contribution in [2.45, 2.75) is 19.0 Å². The van der Waals surface area contributed by atoms with Crippen LogP contribution in [0.25, 0.3) is 0 Å². The molecule has 7 heteroatoms. The Morgan fingerprint density at radius 2 is 1.90 bits per heavy atom. The molecule has 0 saturated carbocycles. The molecule has 2 rings (SSSR count). The molecular weight excluding hydrogens is 262 g/mol. The van der Waals surface area contributed by atoms with E-state index in [-0.39, 0.29) is 23.8 Å². The van der Waals surface area contributed by atoms with Gasteiger partial charge in [-0.25, -0.2) is 0 Å². The predicted octanol–water partition coefficient (Wildman–Crippen LogP) is -1.42. The molecule has 0 aromatic carbocycles. The van der Waals surface area contributed by atoms with Gasteiger partial charge < -0.3 is 25.0 Å². The van der Waals surface area contributed by atoms with E-state index in [1.165, 1.54) is 0 Å². The van der Waals surface area contributed by atoms with E-state index in [9.17, 15) is 9.59 Å². The van der Waals surface area contributed by atoms with Crippen molar-refractivity contribution in [1.82, 2.24) is 15.5 Å². The third kappa shape index (κ3) is 3.47. The molecule has 2 amide bonds. The zero-order valence-electron chi connectivity index (χ0n) is 12.1. The van der Waals surface area contributed by atoms with Crippen LogP contribution in [0.3, 0.4) is 0 Å². The van der Waals surface area contributed by atoms with Gasteiger partial charge in [0.1, 0.15) is 6.04 Å². The van der Waals surface area contributed by atoms with Gasteiger partial charge in [0.05, 0.1) is 32.3 Å². The van der Waals surface area contributed by atoms with Crippen molar-refractivity contribution >= 4 is 11.8 Å². The van der Waals surface area contributed by atoms with Gasteiger partial charge in [0, 0.05) is 19.1 Å². The lowest BCUT2D eigenvalue weighted by Crippen LogP contribution is -2.53. The van der Waals surface area contributed by atoms with Gasteiger partial charge in [0.15, 0.2) is 0 Å². The standard InChI is InChI=1S/C13H23N3O4/c1-9(13(18)16-3-5-19-6-4-16)15-12(17)10-7-20-8-11(10)14-2/h9-11,14H,3-8H2,1-2H3,(H,15,17). The van der Waals surface area contributed by atoms with Gasteiger partial charge in [-0.05, 0) is 14.0 Å². The highest BCUT2D eigenvalue weighted by Crippen LogP contribution is 2.14. The molecule has 7 nitrogen and oxygen atoms in total. The molecule has 2 aliphatic rings. The minimum atomic E-state index is -0.515. The first-order chi connectivity index (χ1) is 9.63. The molecule has 114 valence electrons. The molecule has 2 heterocycles. The number of morpholine rings is 1. The second-order valence-corrected chi connectivity index (χ2v) is 5.21. The number of hydrogen-bond donors (Lipinski definition) is 2. The normalized spacial score (nSPS) is 28.2. The van der Waals surface area contributed by atoms with Crippen molar-refractivity contribution in [3.63, 3.8) is 0 Å². The summed E-state index contributed by atoms with van der Waals surface area (Å²) in [5.74, 6) is -0.419. The van der Waals surface area contributed by atoms with Crippen LogP contribution in [0.2, 0.25) is 0 Å². The Bertz CT molecular complexity index is 358. The number of ether oxygens (including phenoxy) is 2. The quantitative estimate of drug-likeness (QED) is 0.663. The fraction of sp³-hybridized carbons (Fsp3) is 0.846. The highest BCUT2D eigenvalue weighted by Gasteiger charge is 2.34. The van der Waals surface area contributed by atoms with Gasteiger partial charge in [0.25, 0.3) is 0 Å². The monoisotopic (exact) mass is 285 g/mol. The van der Waals surface area contributed by atoms with Crippen LogP contribution in [0.15, 0.2) is 0 Å². The molecule has 0 aromatic heterocycles. The van der Waals surface area contributed by atoms with Crippen LogP contribution < -0.4 is 10.6 Å². The minimum Gasteiger partial charge on any atom is -0.379 e. The summed E-state index contributed by atoms with van der Waals surface area (Å²) >= 11 is 0. The first-order valence-corrected chi connectivity index (χ1v) is 7.05. The summed E-state index contributed by atoms with van der Waals surface area (Å²) in [6, 6.07) is -0.501. The van der Waals surface area contributed by atoms with E-state index < -0.39 is 6.04 Å². The van der Waals surface area contributed by atoms with Crippen LogP contribution >= 0.6 is 0 Å². The Morgan fingerprint density at radius 1 is 1.20 bits per heavy atom. The van der Waals surface area contributed by atoms with Crippen LogP contribution in [0, 0.1) is 5.92 Å². The summed E-state index contributed by atoms with van der Waals surface area (Å²) in [6.07, 6.45) is 0. The zero-order chi connectivity index (χ0) is 14.5. The number of hydrogen-bond acceptors (Lipinski definition) is 5. The predicted molar refractivity (Wildman–Crippen MR) is 72.2 cm³/mol. The van der Waals surface area contributed by atoms with Crippen LogP contribution in [-0.4, -0.2) is 75.4 Å². The molecular formula is C13H23N3O4. The van der Waals surface area contributed by atoms with Crippen molar-refractivity contribution in [3.05, 3.63) is 0 Å².